The van der Waals surface area contributed by atoms with Gasteiger partial charge in [-0.25, -0.2) is 0 Å². The Labute approximate surface area is 153 Å². The minimum absolute atomic E-state index is 0.129. The number of rotatable bonds is 5. The lowest BCUT2D eigenvalue weighted by atomic mass is 10.1. The summed E-state index contributed by atoms with van der Waals surface area (Å²) in [5, 5.41) is 15.1. The molecule has 0 aliphatic rings. The Balaban J connectivity index is 1.57. The predicted molar refractivity (Wildman–Crippen MR) is 88.7 cm³/mol. The molecule has 1 N–H and O–H groups in total. The molecule has 0 atom stereocenters. The molecule has 1 amide bonds. The van der Waals surface area contributed by atoms with Crippen LogP contribution in [0.5, 0.6) is 0 Å². The highest BCUT2D eigenvalue weighted by molar-refractivity contribution is 7.99. The monoisotopic (exact) mass is 401 g/mol. The minimum Gasteiger partial charge on any atom is -0.411 e. The molecule has 2 aromatic heterocycles. The smallest absolute Gasteiger partial charge is 0.411 e. The van der Waals surface area contributed by atoms with E-state index in [0.717, 1.165) is 22.9 Å². The second kappa shape index (κ2) is 7.41. The van der Waals surface area contributed by atoms with E-state index in [2.05, 4.69) is 25.7 Å². The van der Waals surface area contributed by atoms with Crippen LogP contribution in [0.2, 0.25) is 0 Å². The number of thioether (sulfide) groups is 1. The van der Waals surface area contributed by atoms with Crippen molar-refractivity contribution in [2.45, 2.75) is 18.3 Å². The molecule has 0 saturated carbocycles. The molecule has 0 unspecified atom stereocenters. The van der Waals surface area contributed by atoms with Gasteiger partial charge in [-0.2, -0.15) is 13.2 Å². The van der Waals surface area contributed by atoms with E-state index in [1.807, 2.05) is 31.2 Å². The number of benzene rings is 1. The number of carbonyl (C=O) groups excluding carboxylic acids is 1. The number of aryl methyl sites for hydroxylation is 1. The lowest BCUT2D eigenvalue weighted by Gasteiger charge is -2.00. The van der Waals surface area contributed by atoms with Gasteiger partial charge in [-0.1, -0.05) is 41.3 Å². The van der Waals surface area contributed by atoms with E-state index in [9.17, 15) is 18.0 Å². The van der Waals surface area contributed by atoms with Crippen molar-refractivity contribution in [3.05, 3.63) is 34.8 Å². The first-order valence-corrected chi connectivity index (χ1v) is 8.86. The standard InChI is InChI=1S/C14H10F3N5O2S2/c1-7-4-2-3-5-8(7)10-19-22-13(24-10)25-6-9(23)18-12-21-20-11(26-12)14(15,16)17/h2-5H,6H2,1H3,(H,18,21,23). The Hall–Kier alpha value is -2.47. The van der Waals surface area contributed by atoms with Crippen molar-refractivity contribution < 1.29 is 22.4 Å². The third-order valence-corrected chi connectivity index (χ3v) is 4.72. The fourth-order valence-electron chi connectivity index (χ4n) is 1.86. The van der Waals surface area contributed by atoms with Crippen LogP contribution in [-0.2, 0) is 11.0 Å². The van der Waals surface area contributed by atoms with Crippen molar-refractivity contribution >= 4 is 34.1 Å². The number of anilines is 1. The lowest BCUT2D eigenvalue weighted by Crippen LogP contribution is -2.13. The van der Waals surface area contributed by atoms with Gasteiger partial charge in [-0.3, -0.25) is 10.1 Å². The third kappa shape index (κ3) is 4.38. The summed E-state index contributed by atoms with van der Waals surface area (Å²) in [4.78, 5) is 11.8. The van der Waals surface area contributed by atoms with Crippen molar-refractivity contribution in [3.63, 3.8) is 0 Å². The molecule has 0 aliphatic carbocycles. The first kappa shape index (κ1) is 18.3. The number of amides is 1. The number of carbonyl (C=O) groups is 1. The van der Waals surface area contributed by atoms with E-state index in [4.69, 9.17) is 4.42 Å². The summed E-state index contributed by atoms with van der Waals surface area (Å²) in [6, 6.07) is 7.45. The maximum Gasteiger partial charge on any atom is 0.445 e. The van der Waals surface area contributed by atoms with Crippen LogP contribution in [0.3, 0.4) is 0 Å². The molecule has 0 fully saturated rings. The van der Waals surface area contributed by atoms with Crippen molar-refractivity contribution in [2.24, 2.45) is 0 Å². The second-order valence-corrected chi connectivity index (χ2v) is 6.84. The van der Waals surface area contributed by atoms with Gasteiger partial charge in [-0.05, 0) is 18.6 Å². The summed E-state index contributed by atoms with van der Waals surface area (Å²) in [7, 11) is 0. The number of aromatic nitrogens is 4. The molecule has 26 heavy (non-hydrogen) atoms. The SMILES string of the molecule is Cc1ccccc1-c1nnc(SCC(=O)Nc2nnc(C(F)(F)F)s2)o1. The normalized spacial score (nSPS) is 11.5. The zero-order valence-corrected chi connectivity index (χ0v) is 14.7. The van der Waals surface area contributed by atoms with Crippen molar-refractivity contribution in [1.82, 2.24) is 20.4 Å². The van der Waals surface area contributed by atoms with Gasteiger partial charge in [0.1, 0.15) is 0 Å². The van der Waals surface area contributed by atoms with Gasteiger partial charge in [0.05, 0.1) is 5.75 Å². The molecule has 0 radical (unpaired) electrons. The molecule has 0 spiro atoms. The molecule has 0 bridgehead atoms. The van der Waals surface area contributed by atoms with E-state index in [-0.39, 0.29) is 27.4 Å². The van der Waals surface area contributed by atoms with Gasteiger partial charge in [0.2, 0.25) is 21.9 Å². The molecule has 0 saturated heterocycles. The van der Waals surface area contributed by atoms with Crippen LogP contribution in [0.15, 0.2) is 33.9 Å². The number of halogens is 3. The molecular weight excluding hydrogens is 391 g/mol. The fourth-order valence-corrected chi connectivity index (χ4v) is 3.05. The highest BCUT2D eigenvalue weighted by atomic mass is 32.2. The molecule has 1 aromatic carbocycles. The highest BCUT2D eigenvalue weighted by Gasteiger charge is 2.35. The van der Waals surface area contributed by atoms with Crippen molar-refractivity contribution in [1.29, 1.82) is 0 Å². The first-order valence-electron chi connectivity index (χ1n) is 7.06. The summed E-state index contributed by atoms with van der Waals surface area (Å²) in [6.45, 7) is 1.90. The van der Waals surface area contributed by atoms with E-state index in [1.165, 1.54) is 0 Å². The Bertz CT molecular complexity index is 925. The van der Waals surface area contributed by atoms with Crippen LogP contribution < -0.4 is 5.32 Å². The summed E-state index contributed by atoms with van der Waals surface area (Å²) in [6.07, 6.45) is -4.59. The second-order valence-electron chi connectivity index (χ2n) is 4.94. The predicted octanol–water partition coefficient (Wildman–Crippen LogP) is 3.65. The van der Waals surface area contributed by atoms with Crippen molar-refractivity contribution in [3.8, 4) is 11.5 Å². The van der Waals surface area contributed by atoms with E-state index >= 15 is 0 Å². The molecule has 136 valence electrons. The summed E-state index contributed by atoms with van der Waals surface area (Å²) in [5.74, 6) is -0.364. The van der Waals surface area contributed by atoms with Gasteiger partial charge in [0.15, 0.2) is 0 Å². The average molecular weight is 401 g/mol. The summed E-state index contributed by atoms with van der Waals surface area (Å²) < 4.78 is 42.8. The van der Waals surface area contributed by atoms with Crippen LogP contribution in [0.1, 0.15) is 10.6 Å². The van der Waals surface area contributed by atoms with Crippen LogP contribution in [0.25, 0.3) is 11.5 Å². The van der Waals surface area contributed by atoms with Crippen molar-refractivity contribution in [2.75, 3.05) is 11.1 Å². The van der Waals surface area contributed by atoms with E-state index in [0.29, 0.717) is 5.89 Å². The van der Waals surface area contributed by atoms with Gasteiger partial charge < -0.3 is 4.42 Å². The number of nitrogens with zero attached hydrogens (tertiary/aromatic N) is 4. The Morgan fingerprint density at radius 2 is 2.00 bits per heavy atom. The van der Waals surface area contributed by atoms with E-state index in [1.54, 1.807) is 0 Å². The zero-order chi connectivity index (χ0) is 18.7. The molecule has 0 aliphatic heterocycles. The molecular formula is C14H10F3N5O2S2. The number of nitrogens with one attached hydrogen (secondary N) is 1. The number of hydrogen-bond donors (Lipinski definition) is 1. The largest absolute Gasteiger partial charge is 0.445 e. The van der Waals surface area contributed by atoms with E-state index < -0.39 is 17.1 Å². The molecule has 3 rings (SSSR count). The fraction of sp³-hybridized carbons (Fsp3) is 0.214. The lowest BCUT2D eigenvalue weighted by molar-refractivity contribution is -0.138. The summed E-state index contributed by atoms with van der Waals surface area (Å²) in [5.41, 5.74) is 1.74. The number of alkyl halides is 3. The van der Waals surface area contributed by atoms with Crippen LogP contribution in [0.4, 0.5) is 18.3 Å². The maximum absolute atomic E-state index is 12.4. The molecule has 7 nitrogen and oxygen atoms in total. The zero-order valence-electron chi connectivity index (χ0n) is 13.1. The topological polar surface area (TPSA) is 93.8 Å². The van der Waals surface area contributed by atoms with Gasteiger partial charge in [0.25, 0.3) is 5.22 Å². The third-order valence-electron chi connectivity index (χ3n) is 3.02. The molecule has 2 heterocycles. The van der Waals surface area contributed by atoms with Crippen LogP contribution >= 0.6 is 23.1 Å². The minimum atomic E-state index is -4.59. The van der Waals surface area contributed by atoms with Gasteiger partial charge in [0, 0.05) is 5.56 Å². The van der Waals surface area contributed by atoms with Crippen LogP contribution in [0, 0.1) is 6.92 Å². The maximum atomic E-state index is 12.4. The highest BCUT2D eigenvalue weighted by Crippen LogP contribution is 2.33. The number of hydrogen-bond acceptors (Lipinski definition) is 8. The van der Waals surface area contributed by atoms with Crippen LogP contribution in [-0.4, -0.2) is 32.1 Å². The van der Waals surface area contributed by atoms with Gasteiger partial charge in [-0.15, -0.1) is 20.4 Å². The molecule has 3 aromatic rings. The molecule has 12 heteroatoms. The van der Waals surface area contributed by atoms with Gasteiger partial charge >= 0.3 is 6.18 Å². The quantitative estimate of drug-likeness (QED) is 0.652. The first-order chi connectivity index (χ1) is 12.3. The Morgan fingerprint density at radius 1 is 1.23 bits per heavy atom. The average Bonchev–Trinajstić information content (AvgIpc) is 3.22. The Morgan fingerprint density at radius 3 is 2.69 bits per heavy atom. The Kier molecular flexibility index (Phi) is 5.23. The summed E-state index contributed by atoms with van der Waals surface area (Å²) >= 11 is 1.22.